The molecule has 3 heteroatoms. The Morgan fingerprint density at radius 2 is 1.53 bits per heavy atom. The van der Waals surface area contributed by atoms with Gasteiger partial charge in [-0.1, -0.05) is 54.6 Å². The minimum absolute atomic E-state index is 0.255. The molecule has 0 saturated carbocycles. The van der Waals surface area contributed by atoms with Gasteiger partial charge in [0.15, 0.2) is 0 Å². The van der Waals surface area contributed by atoms with Gasteiger partial charge in [-0.05, 0) is 16.7 Å². The maximum absolute atomic E-state index is 11.0. The molecule has 19 heavy (non-hydrogen) atoms. The molecule has 2 aromatic carbocycles. The molecule has 0 heterocycles. The van der Waals surface area contributed by atoms with E-state index in [2.05, 4.69) is 0 Å². The first kappa shape index (κ1) is 13.3. The van der Waals surface area contributed by atoms with Crippen molar-refractivity contribution in [2.75, 3.05) is 0 Å². The van der Waals surface area contributed by atoms with Crippen molar-refractivity contribution in [2.24, 2.45) is 5.73 Å². The summed E-state index contributed by atoms with van der Waals surface area (Å²) in [6.07, 6.45) is 0.255. The summed E-state index contributed by atoms with van der Waals surface area (Å²) in [6.45, 7) is 1.05. The van der Waals surface area contributed by atoms with E-state index in [4.69, 9.17) is 10.5 Å². The Labute approximate surface area is 113 Å². The van der Waals surface area contributed by atoms with Crippen molar-refractivity contribution < 1.29 is 9.53 Å². The van der Waals surface area contributed by atoms with Crippen LogP contribution in [0.5, 0.6) is 0 Å². The van der Waals surface area contributed by atoms with Crippen LogP contribution in [0.4, 0.5) is 0 Å². The van der Waals surface area contributed by atoms with Crippen molar-refractivity contribution >= 4 is 5.91 Å². The van der Waals surface area contributed by atoms with Crippen LogP contribution in [0.2, 0.25) is 0 Å². The second kappa shape index (κ2) is 6.71. The average Bonchev–Trinajstić information content (AvgIpc) is 2.41. The standard InChI is InChI=1S/C16H17NO2/c17-16(18)10-14-8-4-5-9-15(14)12-19-11-13-6-2-1-3-7-13/h1-9H,10-12H2,(H2,17,18). The fourth-order valence-electron chi connectivity index (χ4n) is 1.91. The van der Waals surface area contributed by atoms with Gasteiger partial charge in [-0.25, -0.2) is 0 Å². The van der Waals surface area contributed by atoms with E-state index >= 15 is 0 Å². The average molecular weight is 255 g/mol. The molecule has 0 saturated heterocycles. The van der Waals surface area contributed by atoms with Crippen molar-refractivity contribution in [1.82, 2.24) is 0 Å². The first-order valence-corrected chi connectivity index (χ1v) is 6.22. The van der Waals surface area contributed by atoms with Gasteiger partial charge in [-0.15, -0.1) is 0 Å². The van der Waals surface area contributed by atoms with Crippen LogP contribution in [0.3, 0.4) is 0 Å². The van der Waals surface area contributed by atoms with Gasteiger partial charge in [0.25, 0.3) is 0 Å². The lowest BCUT2D eigenvalue weighted by molar-refractivity contribution is -0.117. The molecule has 0 atom stereocenters. The Kier molecular flexibility index (Phi) is 4.70. The van der Waals surface area contributed by atoms with E-state index in [0.29, 0.717) is 13.2 Å². The number of hydrogen-bond donors (Lipinski definition) is 1. The summed E-state index contributed by atoms with van der Waals surface area (Å²) in [6, 6.07) is 17.7. The first-order valence-electron chi connectivity index (χ1n) is 6.22. The summed E-state index contributed by atoms with van der Waals surface area (Å²) in [7, 11) is 0. The molecule has 0 radical (unpaired) electrons. The topological polar surface area (TPSA) is 52.3 Å². The predicted molar refractivity (Wildman–Crippen MR) is 74.3 cm³/mol. The van der Waals surface area contributed by atoms with Crippen LogP contribution < -0.4 is 5.73 Å². The highest BCUT2D eigenvalue weighted by Crippen LogP contribution is 2.12. The van der Waals surface area contributed by atoms with Crippen LogP contribution in [0.15, 0.2) is 54.6 Å². The number of amides is 1. The van der Waals surface area contributed by atoms with Crippen LogP contribution in [-0.4, -0.2) is 5.91 Å². The van der Waals surface area contributed by atoms with Crippen molar-refractivity contribution in [3.05, 3.63) is 71.3 Å². The summed E-state index contributed by atoms with van der Waals surface area (Å²) < 4.78 is 5.68. The molecule has 0 aliphatic rings. The normalized spacial score (nSPS) is 10.3. The quantitative estimate of drug-likeness (QED) is 0.862. The molecule has 0 aromatic heterocycles. The molecular formula is C16H17NO2. The van der Waals surface area contributed by atoms with E-state index in [-0.39, 0.29) is 12.3 Å². The molecule has 98 valence electrons. The lowest BCUT2D eigenvalue weighted by Gasteiger charge is -2.09. The Morgan fingerprint density at radius 1 is 0.895 bits per heavy atom. The molecule has 2 rings (SSSR count). The zero-order chi connectivity index (χ0) is 13.5. The summed E-state index contributed by atoms with van der Waals surface area (Å²) in [5.74, 6) is -0.324. The first-order chi connectivity index (χ1) is 9.25. The van der Waals surface area contributed by atoms with Crippen LogP contribution >= 0.6 is 0 Å². The Balaban J connectivity index is 1.94. The zero-order valence-electron chi connectivity index (χ0n) is 10.7. The lowest BCUT2D eigenvalue weighted by Crippen LogP contribution is -2.15. The largest absolute Gasteiger partial charge is 0.372 e. The SMILES string of the molecule is NC(=O)Cc1ccccc1COCc1ccccc1. The minimum Gasteiger partial charge on any atom is -0.372 e. The predicted octanol–water partition coefficient (Wildman–Crippen LogP) is 2.43. The summed E-state index contributed by atoms with van der Waals surface area (Å²) in [5.41, 5.74) is 8.31. The minimum atomic E-state index is -0.324. The number of carbonyl (C=O) groups excluding carboxylic acids is 1. The molecule has 0 aliphatic carbocycles. The molecule has 0 aliphatic heterocycles. The number of rotatable bonds is 6. The highest BCUT2D eigenvalue weighted by atomic mass is 16.5. The monoisotopic (exact) mass is 255 g/mol. The molecule has 1 amide bonds. The molecular weight excluding hydrogens is 238 g/mol. The smallest absolute Gasteiger partial charge is 0.221 e. The number of nitrogens with two attached hydrogens (primary N) is 1. The van der Waals surface area contributed by atoms with E-state index in [9.17, 15) is 4.79 Å². The fourth-order valence-corrected chi connectivity index (χ4v) is 1.91. The van der Waals surface area contributed by atoms with Gasteiger partial charge in [-0.3, -0.25) is 4.79 Å². The van der Waals surface area contributed by atoms with E-state index in [0.717, 1.165) is 16.7 Å². The lowest BCUT2D eigenvalue weighted by atomic mass is 10.1. The van der Waals surface area contributed by atoms with Gasteiger partial charge < -0.3 is 10.5 Å². The zero-order valence-corrected chi connectivity index (χ0v) is 10.7. The Bertz CT molecular complexity index is 537. The van der Waals surface area contributed by atoms with Crippen molar-refractivity contribution in [2.45, 2.75) is 19.6 Å². The van der Waals surface area contributed by atoms with Gasteiger partial charge in [0.1, 0.15) is 0 Å². The molecule has 2 aromatic rings. The Hall–Kier alpha value is -2.13. The molecule has 0 unspecified atom stereocenters. The van der Waals surface area contributed by atoms with Gasteiger partial charge >= 0.3 is 0 Å². The maximum atomic E-state index is 11.0. The van der Waals surface area contributed by atoms with Gasteiger partial charge in [0, 0.05) is 0 Å². The van der Waals surface area contributed by atoms with Crippen LogP contribution in [0.25, 0.3) is 0 Å². The fraction of sp³-hybridized carbons (Fsp3) is 0.188. The number of hydrogen-bond acceptors (Lipinski definition) is 2. The van der Waals surface area contributed by atoms with Crippen molar-refractivity contribution in [3.8, 4) is 0 Å². The third kappa shape index (κ3) is 4.23. The van der Waals surface area contributed by atoms with Crippen molar-refractivity contribution in [3.63, 3.8) is 0 Å². The Morgan fingerprint density at radius 3 is 2.21 bits per heavy atom. The second-order valence-corrected chi connectivity index (χ2v) is 4.39. The molecule has 3 nitrogen and oxygen atoms in total. The summed E-state index contributed by atoms with van der Waals surface area (Å²) >= 11 is 0. The van der Waals surface area contributed by atoms with Crippen molar-refractivity contribution in [1.29, 1.82) is 0 Å². The van der Waals surface area contributed by atoms with Gasteiger partial charge in [-0.2, -0.15) is 0 Å². The van der Waals surface area contributed by atoms with Crippen LogP contribution in [0, 0.1) is 0 Å². The maximum Gasteiger partial charge on any atom is 0.221 e. The molecule has 0 bridgehead atoms. The third-order valence-corrected chi connectivity index (χ3v) is 2.85. The third-order valence-electron chi connectivity index (χ3n) is 2.85. The number of benzene rings is 2. The number of ether oxygens (including phenoxy) is 1. The van der Waals surface area contributed by atoms with E-state index in [1.54, 1.807) is 0 Å². The highest BCUT2D eigenvalue weighted by molar-refractivity contribution is 5.76. The van der Waals surface area contributed by atoms with Gasteiger partial charge in [0.05, 0.1) is 19.6 Å². The molecule has 0 spiro atoms. The van der Waals surface area contributed by atoms with E-state index < -0.39 is 0 Å². The van der Waals surface area contributed by atoms with Crippen LogP contribution in [-0.2, 0) is 29.2 Å². The molecule has 2 N–H and O–H groups in total. The number of primary amides is 1. The second-order valence-electron chi connectivity index (χ2n) is 4.39. The molecule has 0 fully saturated rings. The van der Waals surface area contributed by atoms with E-state index in [1.807, 2.05) is 54.6 Å². The highest BCUT2D eigenvalue weighted by Gasteiger charge is 2.05. The summed E-state index contributed by atoms with van der Waals surface area (Å²) in [4.78, 5) is 11.0. The summed E-state index contributed by atoms with van der Waals surface area (Å²) in [5, 5.41) is 0. The number of carbonyl (C=O) groups is 1. The van der Waals surface area contributed by atoms with Gasteiger partial charge in [0.2, 0.25) is 5.91 Å². The van der Waals surface area contributed by atoms with Crippen LogP contribution in [0.1, 0.15) is 16.7 Å². The van der Waals surface area contributed by atoms with E-state index in [1.165, 1.54) is 0 Å².